The highest BCUT2D eigenvalue weighted by Crippen LogP contribution is 2.34. The number of rotatable bonds is 8. The average Bonchev–Trinajstić information content (AvgIpc) is 2.79. The van der Waals surface area contributed by atoms with Crippen LogP contribution in [0.4, 0.5) is 11.4 Å². The third kappa shape index (κ3) is 5.90. The van der Waals surface area contributed by atoms with Gasteiger partial charge in [0.25, 0.3) is 5.91 Å². The summed E-state index contributed by atoms with van der Waals surface area (Å²) in [6.07, 6.45) is 1.09. The molecule has 0 unspecified atom stereocenters. The third-order valence-electron chi connectivity index (χ3n) is 4.78. The van der Waals surface area contributed by atoms with Crippen LogP contribution in [0.5, 0.6) is 11.5 Å². The highest BCUT2D eigenvalue weighted by atomic mass is 35.5. The highest BCUT2D eigenvalue weighted by molar-refractivity contribution is 7.92. The van der Waals surface area contributed by atoms with E-state index in [-0.39, 0.29) is 28.2 Å². The molecule has 0 saturated carbocycles. The molecule has 0 aliphatic carbocycles. The monoisotopic (exact) mass is 508 g/mol. The van der Waals surface area contributed by atoms with E-state index < -0.39 is 10.0 Å². The summed E-state index contributed by atoms with van der Waals surface area (Å²) >= 11 is 12.3. The van der Waals surface area contributed by atoms with Gasteiger partial charge in [0, 0.05) is 17.3 Å². The molecule has 0 aromatic heterocycles. The number of sulfonamides is 1. The van der Waals surface area contributed by atoms with Gasteiger partial charge >= 0.3 is 0 Å². The van der Waals surface area contributed by atoms with Crippen molar-refractivity contribution in [3.05, 3.63) is 81.8 Å². The molecule has 7 nitrogen and oxygen atoms in total. The van der Waals surface area contributed by atoms with Crippen LogP contribution >= 0.6 is 23.2 Å². The summed E-state index contributed by atoms with van der Waals surface area (Å²) < 4.78 is 36.4. The van der Waals surface area contributed by atoms with Crippen LogP contribution in [-0.2, 0) is 16.6 Å². The van der Waals surface area contributed by atoms with E-state index in [1.165, 1.54) is 18.5 Å². The summed E-state index contributed by atoms with van der Waals surface area (Å²) in [6.45, 7) is 0.0243. The van der Waals surface area contributed by atoms with Crippen molar-refractivity contribution < 1.29 is 22.7 Å². The molecule has 33 heavy (non-hydrogen) atoms. The van der Waals surface area contributed by atoms with Gasteiger partial charge in [-0.1, -0.05) is 41.4 Å². The van der Waals surface area contributed by atoms with Gasteiger partial charge < -0.3 is 14.8 Å². The van der Waals surface area contributed by atoms with Gasteiger partial charge in [-0.05, 0) is 42.0 Å². The molecule has 0 bridgehead atoms. The molecule has 0 heterocycles. The predicted molar refractivity (Wildman–Crippen MR) is 131 cm³/mol. The van der Waals surface area contributed by atoms with E-state index in [1.54, 1.807) is 60.7 Å². The van der Waals surface area contributed by atoms with Crippen LogP contribution in [0.25, 0.3) is 0 Å². The van der Waals surface area contributed by atoms with Gasteiger partial charge in [0.05, 0.1) is 42.8 Å². The fourth-order valence-electron chi connectivity index (χ4n) is 3.11. The first-order valence-corrected chi connectivity index (χ1v) is 12.3. The standard InChI is InChI=1S/C23H22Cl2N2O5S/c1-31-20-12-11-17(13-21(20)32-2)26-23(28)16-9-7-15(8-10-16)14-27(33(3,29)30)19-6-4-5-18(24)22(19)25/h4-13H,14H2,1-3H3,(H,26,28). The molecular formula is C23H22Cl2N2O5S. The van der Waals surface area contributed by atoms with Gasteiger partial charge in [0.1, 0.15) is 0 Å². The SMILES string of the molecule is COc1ccc(NC(=O)c2ccc(CN(c3cccc(Cl)c3Cl)S(C)(=O)=O)cc2)cc1OC. The van der Waals surface area contributed by atoms with Gasteiger partial charge in [-0.25, -0.2) is 8.42 Å². The zero-order chi connectivity index (χ0) is 24.2. The molecule has 0 spiro atoms. The number of hydrogen-bond donors (Lipinski definition) is 1. The molecule has 0 saturated heterocycles. The molecule has 3 aromatic carbocycles. The molecule has 1 amide bonds. The summed E-state index contributed by atoms with van der Waals surface area (Å²) in [7, 11) is -0.603. The number of nitrogens with zero attached hydrogens (tertiary/aromatic N) is 1. The minimum atomic E-state index is -3.65. The number of methoxy groups -OCH3 is 2. The van der Waals surface area contributed by atoms with Gasteiger partial charge in [-0.3, -0.25) is 9.10 Å². The molecule has 0 aliphatic rings. The number of amides is 1. The fourth-order valence-corrected chi connectivity index (χ4v) is 4.45. The van der Waals surface area contributed by atoms with Crippen molar-refractivity contribution in [1.82, 2.24) is 0 Å². The van der Waals surface area contributed by atoms with Crippen molar-refractivity contribution in [2.45, 2.75) is 6.54 Å². The number of carbonyl (C=O) groups is 1. The zero-order valence-corrected chi connectivity index (χ0v) is 20.5. The van der Waals surface area contributed by atoms with E-state index in [1.807, 2.05) is 0 Å². The second-order valence-corrected chi connectivity index (χ2v) is 9.76. The van der Waals surface area contributed by atoms with Gasteiger partial charge in [-0.15, -0.1) is 0 Å². The van der Waals surface area contributed by atoms with Crippen molar-refractivity contribution in [3.63, 3.8) is 0 Å². The summed E-state index contributed by atoms with van der Waals surface area (Å²) in [5, 5.41) is 3.20. The second kappa shape index (κ2) is 10.3. The highest BCUT2D eigenvalue weighted by Gasteiger charge is 2.21. The lowest BCUT2D eigenvalue weighted by atomic mass is 10.1. The quantitative estimate of drug-likeness (QED) is 0.450. The topological polar surface area (TPSA) is 84.9 Å². The number of halogens is 2. The molecule has 10 heteroatoms. The van der Waals surface area contributed by atoms with Gasteiger partial charge in [0.2, 0.25) is 10.0 Å². The van der Waals surface area contributed by atoms with Crippen molar-refractivity contribution in [2.24, 2.45) is 0 Å². The molecule has 0 radical (unpaired) electrons. The Labute approximate surface area is 202 Å². The van der Waals surface area contributed by atoms with Gasteiger partial charge in [0.15, 0.2) is 11.5 Å². The fraction of sp³-hybridized carbons (Fsp3) is 0.174. The first kappa shape index (κ1) is 24.7. The van der Waals surface area contributed by atoms with E-state index in [0.717, 1.165) is 6.26 Å². The Morgan fingerprint density at radius 1 is 0.970 bits per heavy atom. The molecule has 3 aromatic rings. The molecule has 1 N–H and O–H groups in total. The van der Waals surface area contributed by atoms with E-state index >= 15 is 0 Å². The number of carbonyl (C=O) groups excluding carboxylic acids is 1. The number of ether oxygens (including phenoxy) is 2. The molecular weight excluding hydrogens is 487 g/mol. The van der Waals surface area contributed by atoms with E-state index in [4.69, 9.17) is 32.7 Å². The van der Waals surface area contributed by atoms with Crippen molar-refractivity contribution >= 4 is 50.5 Å². The smallest absolute Gasteiger partial charge is 0.255 e. The van der Waals surface area contributed by atoms with Crippen LogP contribution in [0.1, 0.15) is 15.9 Å². The van der Waals surface area contributed by atoms with Crippen molar-refractivity contribution in [1.29, 1.82) is 0 Å². The Morgan fingerprint density at radius 2 is 1.64 bits per heavy atom. The Balaban J connectivity index is 1.79. The molecule has 0 atom stereocenters. The van der Waals surface area contributed by atoms with Crippen LogP contribution in [-0.4, -0.2) is 34.8 Å². The minimum absolute atomic E-state index is 0.0243. The molecule has 3 rings (SSSR count). The first-order chi connectivity index (χ1) is 15.6. The number of benzene rings is 3. The molecule has 0 fully saturated rings. The number of hydrogen-bond acceptors (Lipinski definition) is 5. The predicted octanol–water partition coefficient (Wildman–Crippen LogP) is 5.23. The minimum Gasteiger partial charge on any atom is -0.493 e. The Morgan fingerprint density at radius 3 is 2.24 bits per heavy atom. The molecule has 174 valence electrons. The Kier molecular flexibility index (Phi) is 7.73. The average molecular weight is 509 g/mol. The Hall–Kier alpha value is -2.94. The van der Waals surface area contributed by atoms with E-state index in [0.29, 0.717) is 28.3 Å². The maximum Gasteiger partial charge on any atom is 0.255 e. The summed E-state index contributed by atoms with van der Waals surface area (Å²) in [4.78, 5) is 12.6. The van der Waals surface area contributed by atoms with Gasteiger partial charge in [-0.2, -0.15) is 0 Å². The van der Waals surface area contributed by atoms with Crippen LogP contribution in [0.2, 0.25) is 10.0 Å². The van der Waals surface area contributed by atoms with Crippen LogP contribution in [0.3, 0.4) is 0 Å². The van der Waals surface area contributed by atoms with E-state index in [2.05, 4.69) is 5.32 Å². The zero-order valence-electron chi connectivity index (χ0n) is 18.1. The maximum absolute atomic E-state index is 12.6. The number of nitrogens with one attached hydrogen (secondary N) is 1. The number of anilines is 2. The maximum atomic E-state index is 12.6. The summed E-state index contributed by atoms with van der Waals surface area (Å²) in [6, 6.07) is 16.4. The second-order valence-electron chi connectivity index (χ2n) is 7.06. The largest absolute Gasteiger partial charge is 0.493 e. The summed E-state index contributed by atoms with van der Waals surface area (Å²) in [5.74, 6) is 0.716. The molecule has 0 aliphatic heterocycles. The first-order valence-electron chi connectivity index (χ1n) is 9.68. The Bertz CT molecular complexity index is 1260. The van der Waals surface area contributed by atoms with Crippen LogP contribution in [0, 0.1) is 0 Å². The van der Waals surface area contributed by atoms with Crippen molar-refractivity contribution in [3.8, 4) is 11.5 Å². The third-order valence-corrected chi connectivity index (χ3v) is 6.72. The van der Waals surface area contributed by atoms with Crippen molar-refractivity contribution in [2.75, 3.05) is 30.1 Å². The summed E-state index contributed by atoms with van der Waals surface area (Å²) in [5.41, 5.74) is 1.89. The van der Waals surface area contributed by atoms with E-state index in [9.17, 15) is 13.2 Å². The lowest BCUT2D eigenvalue weighted by Gasteiger charge is -2.24. The van der Waals surface area contributed by atoms with Crippen LogP contribution in [0.15, 0.2) is 60.7 Å². The lowest BCUT2D eigenvalue weighted by Crippen LogP contribution is -2.29. The lowest BCUT2D eigenvalue weighted by molar-refractivity contribution is 0.102. The normalized spacial score (nSPS) is 11.1. The van der Waals surface area contributed by atoms with Crippen LogP contribution < -0.4 is 19.1 Å².